The molecule has 0 aliphatic carbocycles. The van der Waals surface area contributed by atoms with Crippen LogP contribution in [0.15, 0.2) is 23.1 Å². The molecule has 1 radical (unpaired) electrons. The fraction of sp³-hybridized carbons (Fsp3) is 0.333. The van der Waals surface area contributed by atoms with E-state index in [9.17, 15) is 22.6 Å². The first-order valence-corrected chi connectivity index (χ1v) is 7.43. The molecule has 123 valence electrons. The third kappa shape index (κ3) is 6.18. The predicted molar refractivity (Wildman–Crippen MR) is 76.7 cm³/mol. The van der Waals surface area contributed by atoms with Crippen molar-refractivity contribution in [2.45, 2.75) is 4.90 Å². The summed E-state index contributed by atoms with van der Waals surface area (Å²) < 4.78 is 41.3. The Balaban J connectivity index is 0.00000484. The topological polar surface area (TPSA) is 147 Å². The molecule has 0 atom stereocenters. The molecular formula is C12H14NaO9S. The number of aliphatic hydroxyl groups is 2. The molecule has 0 bridgehead atoms. The van der Waals surface area contributed by atoms with Gasteiger partial charge >= 0.3 is 11.9 Å². The van der Waals surface area contributed by atoms with Gasteiger partial charge in [-0.25, -0.2) is 9.59 Å². The van der Waals surface area contributed by atoms with E-state index in [1.807, 2.05) is 0 Å². The Morgan fingerprint density at radius 2 is 1.35 bits per heavy atom. The largest absolute Gasteiger partial charge is 0.460 e. The Hall–Kier alpha value is -1.01. The minimum Gasteiger partial charge on any atom is -0.460 e. The average molecular weight is 357 g/mol. The molecule has 9 nitrogen and oxygen atoms in total. The third-order valence-corrected chi connectivity index (χ3v) is 3.32. The zero-order valence-corrected chi connectivity index (χ0v) is 15.1. The van der Waals surface area contributed by atoms with Crippen LogP contribution in [0.2, 0.25) is 0 Å². The van der Waals surface area contributed by atoms with Crippen molar-refractivity contribution in [1.29, 1.82) is 0 Å². The van der Waals surface area contributed by atoms with Crippen LogP contribution in [-0.2, 0) is 19.6 Å². The number of carbonyl (C=O) groups excluding carboxylic acids is 2. The van der Waals surface area contributed by atoms with Gasteiger partial charge in [0, 0.05) is 29.6 Å². The maximum absolute atomic E-state index is 11.8. The second-order valence-electron chi connectivity index (χ2n) is 3.88. The van der Waals surface area contributed by atoms with Crippen LogP contribution in [0.3, 0.4) is 0 Å². The Morgan fingerprint density at radius 3 is 1.65 bits per heavy atom. The van der Waals surface area contributed by atoms with Gasteiger partial charge in [0.2, 0.25) is 0 Å². The molecule has 23 heavy (non-hydrogen) atoms. The molecule has 1 rings (SSSR count). The Kier molecular flexibility index (Phi) is 9.54. The minimum absolute atomic E-state index is 0. The van der Waals surface area contributed by atoms with Crippen LogP contribution in [0.1, 0.15) is 20.7 Å². The molecule has 0 saturated carbocycles. The molecule has 0 unspecified atom stereocenters. The molecule has 0 aromatic heterocycles. The maximum Gasteiger partial charge on any atom is 0.339 e. The fourth-order valence-corrected chi connectivity index (χ4v) is 2.43. The number of aliphatic hydroxyl groups excluding tert-OH is 2. The van der Waals surface area contributed by atoms with Crippen molar-refractivity contribution in [3.05, 3.63) is 29.3 Å². The van der Waals surface area contributed by atoms with Gasteiger partial charge in [0.05, 0.1) is 24.3 Å². The number of hydrogen-bond acceptors (Lipinski definition) is 8. The zero-order chi connectivity index (χ0) is 16.8. The monoisotopic (exact) mass is 357 g/mol. The smallest absolute Gasteiger partial charge is 0.339 e. The Morgan fingerprint density at radius 1 is 0.957 bits per heavy atom. The van der Waals surface area contributed by atoms with Crippen molar-refractivity contribution >= 4 is 51.6 Å². The van der Waals surface area contributed by atoms with Crippen LogP contribution in [-0.4, -0.2) is 91.1 Å². The van der Waals surface area contributed by atoms with Gasteiger partial charge < -0.3 is 19.7 Å². The molecule has 0 heterocycles. The van der Waals surface area contributed by atoms with E-state index in [1.54, 1.807) is 0 Å². The summed E-state index contributed by atoms with van der Waals surface area (Å²) in [7, 11) is -4.93. The zero-order valence-electron chi connectivity index (χ0n) is 12.3. The number of ether oxygens (including phenoxy) is 2. The van der Waals surface area contributed by atoms with E-state index in [4.69, 9.17) is 10.2 Å². The first-order chi connectivity index (χ1) is 10.3. The van der Waals surface area contributed by atoms with Gasteiger partial charge in [0.15, 0.2) is 0 Å². The molecule has 0 amide bonds. The quantitative estimate of drug-likeness (QED) is 0.312. The van der Waals surface area contributed by atoms with Crippen LogP contribution < -0.4 is 0 Å². The Labute approximate surface area is 154 Å². The number of hydrogen-bond donors (Lipinski definition) is 3. The number of carbonyl (C=O) groups is 2. The van der Waals surface area contributed by atoms with Crippen molar-refractivity contribution < 1.29 is 42.2 Å². The summed E-state index contributed by atoms with van der Waals surface area (Å²) in [5.41, 5.74) is -1.15. The molecule has 0 aliphatic rings. The molecule has 1 aromatic carbocycles. The van der Waals surface area contributed by atoms with Crippen molar-refractivity contribution in [3.8, 4) is 0 Å². The predicted octanol–water partition coefficient (Wildman–Crippen LogP) is -1.15. The number of rotatable bonds is 7. The minimum atomic E-state index is -4.93. The van der Waals surface area contributed by atoms with E-state index in [0.717, 1.165) is 12.1 Å². The van der Waals surface area contributed by atoms with Gasteiger partial charge in [0.1, 0.15) is 18.1 Å². The summed E-state index contributed by atoms with van der Waals surface area (Å²) in [4.78, 5) is 22.6. The van der Waals surface area contributed by atoms with Crippen LogP contribution in [0.5, 0.6) is 0 Å². The van der Waals surface area contributed by atoms with Crippen LogP contribution in [0.25, 0.3) is 0 Å². The third-order valence-electron chi connectivity index (χ3n) is 2.36. The first kappa shape index (κ1) is 22.0. The van der Waals surface area contributed by atoms with Crippen molar-refractivity contribution in [3.63, 3.8) is 0 Å². The molecule has 0 saturated heterocycles. The molecule has 3 N–H and O–H groups in total. The molecular weight excluding hydrogens is 343 g/mol. The normalized spacial score (nSPS) is 10.6. The van der Waals surface area contributed by atoms with Gasteiger partial charge in [0.25, 0.3) is 10.1 Å². The average Bonchev–Trinajstić information content (AvgIpc) is 2.48. The van der Waals surface area contributed by atoms with E-state index >= 15 is 0 Å². The first-order valence-electron chi connectivity index (χ1n) is 5.99. The van der Waals surface area contributed by atoms with Crippen molar-refractivity contribution in [2.75, 3.05) is 26.4 Å². The van der Waals surface area contributed by atoms with Crippen LogP contribution in [0.4, 0.5) is 0 Å². The summed E-state index contributed by atoms with van der Waals surface area (Å²) in [6.45, 7) is -1.73. The van der Waals surface area contributed by atoms with Crippen LogP contribution >= 0.6 is 0 Å². The van der Waals surface area contributed by atoms with E-state index in [-0.39, 0.29) is 42.8 Å². The summed E-state index contributed by atoms with van der Waals surface area (Å²) in [5, 5.41) is 17.2. The maximum atomic E-state index is 11.8. The number of benzene rings is 1. The Bertz CT molecular complexity index is 618. The molecule has 0 fully saturated rings. The standard InChI is InChI=1S/C12H14O9S.Na/c13-4-6-20-11(15)8-2-1-3-9(10(8)22(17,18)19)12(16)21-7-5-14;/h1-3,13-14H,4-7H2,(H,17,18,19);. The van der Waals surface area contributed by atoms with Gasteiger partial charge in [-0.2, -0.15) is 8.42 Å². The summed E-state index contributed by atoms with van der Waals surface area (Å²) >= 11 is 0. The van der Waals surface area contributed by atoms with E-state index in [1.165, 1.54) is 6.07 Å². The SMILES string of the molecule is O=C(OCCO)c1cccc(C(=O)OCCO)c1S(=O)(=O)O.[Na]. The molecule has 1 aromatic rings. The van der Waals surface area contributed by atoms with Gasteiger partial charge in [-0.3, -0.25) is 4.55 Å². The van der Waals surface area contributed by atoms with E-state index < -0.39 is 51.3 Å². The van der Waals surface area contributed by atoms with Gasteiger partial charge in [-0.1, -0.05) is 6.07 Å². The molecule has 11 heteroatoms. The second-order valence-corrected chi connectivity index (χ2v) is 5.23. The fourth-order valence-electron chi connectivity index (χ4n) is 1.57. The second kappa shape index (κ2) is 9.98. The van der Waals surface area contributed by atoms with Crippen molar-refractivity contribution in [1.82, 2.24) is 0 Å². The van der Waals surface area contributed by atoms with Crippen LogP contribution in [0, 0.1) is 0 Å². The molecule has 0 aliphatic heterocycles. The van der Waals surface area contributed by atoms with E-state index in [2.05, 4.69) is 9.47 Å². The summed E-state index contributed by atoms with van der Waals surface area (Å²) in [6, 6.07) is 3.26. The summed E-state index contributed by atoms with van der Waals surface area (Å²) in [5.74, 6) is -2.28. The number of esters is 2. The van der Waals surface area contributed by atoms with Gasteiger partial charge in [-0.15, -0.1) is 0 Å². The van der Waals surface area contributed by atoms with Crippen molar-refractivity contribution in [2.24, 2.45) is 0 Å². The molecule has 0 spiro atoms. The van der Waals surface area contributed by atoms with E-state index in [0.29, 0.717) is 0 Å². The van der Waals surface area contributed by atoms with Gasteiger partial charge in [-0.05, 0) is 12.1 Å². The summed E-state index contributed by atoms with van der Waals surface area (Å²) in [6.07, 6.45) is 0.